The minimum atomic E-state index is -3.94. The monoisotopic (exact) mass is 421 g/mol. The Labute approximate surface area is 164 Å². The molecule has 0 saturated heterocycles. The lowest BCUT2D eigenvalue weighted by Gasteiger charge is -2.06. The van der Waals surface area contributed by atoms with E-state index in [4.69, 9.17) is 0 Å². The van der Waals surface area contributed by atoms with Crippen LogP contribution in [0.25, 0.3) is 0 Å². The molecular formula is C16H15N5O7S. The van der Waals surface area contributed by atoms with Gasteiger partial charge in [0.2, 0.25) is 15.9 Å². The second-order valence-electron chi connectivity index (χ2n) is 5.51. The van der Waals surface area contributed by atoms with Gasteiger partial charge in [0, 0.05) is 31.2 Å². The number of nitro groups is 2. The number of hydrogen-bond acceptors (Lipinski definition) is 8. The number of benzene rings is 2. The van der Waals surface area contributed by atoms with Gasteiger partial charge in [-0.05, 0) is 18.2 Å². The van der Waals surface area contributed by atoms with Gasteiger partial charge in [0.25, 0.3) is 11.4 Å². The Morgan fingerprint density at radius 1 is 1.03 bits per heavy atom. The molecule has 0 atom stereocenters. The summed E-state index contributed by atoms with van der Waals surface area (Å²) >= 11 is 0. The van der Waals surface area contributed by atoms with Crippen molar-refractivity contribution >= 4 is 33.5 Å². The van der Waals surface area contributed by atoms with Crippen LogP contribution in [0.3, 0.4) is 0 Å². The molecule has 0 aliphatic carbocycles. The summed E-state index contributed by atoms with van der Waals surface area (Å²) < 4.78 is 26.4. The second-order valence-corrected chi connectivity index (χ2v) is 7.27. The van der Waals surface area contributed by atoms with Crippen molar-refractivity contribution in [3.05, 3.63) is 74.3 Å². The molecule has 0 aliphatic heterocycles. The van der Waals surface area contributed by atoms with Crippen molar-refractivity contribution in [3.63, 3.8) is 0 Å². The first-order chi connectivity index (χ1) is 13.7. The fourth-order valence-electron chi connectivity index (χ4n) is 2.12. The van der Waals surface area contributed by atoms with Gasteiger partial charge in [0.15, 0.2) is 0 Å². The van der Waals surface area contributed by atoms with Gasteiger partial charge in [0.1, 0.15) is 0 Å². The quantitative estimate of drug-likeness (QED) is 0.349. The van der Waals surface area contributed by atoms with Crippen molar-refractivity contribution < 1.29 is 23.1 Å². The smallest absolute Gasteiger partial charge is 0.273 e. The molecular weight excluding hydrogens is 406 g/mol. The van der Waals surface area contributed by atoms with E-state index in [1.807, 2.05) is 0 Å². The predicted molar refractivity (Wildman–Crippen MR) is 102 cm³/mol. The molecule has 0 aromatic heterocycles. The third-order valence-electron chi connectivity index (χ3n) is 3.53. The number of nitrogens with one attached hydrogen (secondary N) is 2. The molecule has 2 N–H and O–H groups in total. The third kappa shape index (κ3) is 6.15. The van der Waals surface area contributed by atoms with Crippen molar-refractivity contribution in [1.82, 2.24) is 10.1 Å². The first-order valence-electron chi connectivity index (χ1n) is 8.00. The minimum Gasteiger partial charge on any atom is -0.273 e. The summed E-state index contributed by atoms with van der Waals surface area (Å²) in [5, 5.41) is 25.1. The van der Waals surface area contributed by atoms with Crippen molar-refractivity contribution in [2.75, 3.05) is 6.54 Å². The van der Waals surface area contributed by atoms with Crippen LogP contribution in [0.2, 0.25) is 0 Å². The molecule has 0 aliphatic rings. The van der Waals surface area contributed by atoms with E-state index in [0.29, 0.717) is 0 Å². The van der Waals surface area contributed by atoms with E-state index >= 15 is 0 Å². The molecule has 0 unspecified atom stereocenters. The molecule has 0 heterocycles. The van der Waals surface area contributed by atoms with Crippen molar-refractivity contribution in [2.24, 2.45) is 5.10 Å². The number of nitro benzene ring substituents is 2. The standard InChI is InChI=1S/C16H15N5O7S/c22-16(19-17-11-12-3-1-2-4-15(12)21(25)26)9-10-18-29(27,28)14-7-5-13(6-8-14)20(23)24/h1-8,11,18H,9-10H2,(H,19,22)/b17-11+. The highest BCUT2D eigenvalue weighted by molar-refractivity contribution is 7.89. The number of nitrogens with zero attached hydrogens (tertiary/aromatic N) is 3. The van der Waals surface area contributed by atoms with Crippen LogP contribution in [-0.2, 0) is 14.8 Å². The van der Waals surface area contributed by atoms with Crippen LogP contribution < -0.4 is 10.1 Å². The maximum Gasteiger partial charge on any atom is 0.278 e. The maximum atomic E-state index is 12.1. The predicted octanol–water partition coefficient (Wildman–Crippen LogP) is 1.32. The van der Waals surface area contributed by atoms with E-state index in [1.165, 1.54) is 18.2 Å². The first-order valence-corrected chi connectivity index (χ1v) is 9.48. The fraction of sp³-hybridized carbons (Fsp3) is 0.125. The zero-order valence-corrected chi connectivity index (χ0v) is 15.5. The Morgan fingerprint density at radius 2 is 1.69 bits per heavy atom. The molecule has 0 radical (unpaired) electrons. The van der Waals surface area contributed by atoms with Crippen LogP contribution in [0, 0.1) is 20.2 Å². The summed E-state index contributed by atoms with van der Waals surface area (Å²) in [7, 11) is -3.94. The summed E-state index contributed by atoms with van der Waals surface area (Å²) in [6.07, 6.45) is 0.859. The van der Waals surface area contributed by atoms with Gasteiger partial charge < -0.3 is 0 Å². The van der Waals surface area contributed by atoms with Crippen molar-refractivity contribution in [3.8, 4) is 0 Å². The van der Waals surface area contributed by atoms with Crippen LogP contribution in [0.4, 0.5) is 11.4 Å². The molecule has 13 heteroatoms. The SMILES string of the molecule is O=C(CCNS(=O)(=O)c1ccc([N+](=O)[O-])cc1)N/N=C/c1ccccc1[N+](=O)[O-]. The largest absolute Gasteiger partial charge is 0.278 e. The third-order valence-corrected chi connectivity index (χ3v) is 5.01. The number of non-ortho nitro benzene ring substituents is 1. The van der Waals surface area contributed by atoms with E-state index in [2.05, 4.69) is 15.2 Å². The Bertz CT molecular complexity index is 1050. The number of rotatable bonds is 9. The van der Waals surface area contributed by atoms with Crippen LogP contribution in [0.5, 0.6) is 0 Å². The van der Waals surface area contributed by atoms with Crippen molar-refractivity contribution in [2.45, 2.75) is 11.3 Å². The fourth-order valence-corrected chi connectivity index (χ4v) is 3.15. The molecule has 2 aromatic rings. The van der Waals surface area contributed by atoms with E-state index in [-0.39, 0.29) is 34.8 Å². The van der Waals surface area contributed by atoms with E-state index in [0.717, 1.165) is 30.5 Å². The molecule has 1 amide bonds. The number of para-hydroxylation sites is 1. The van der Waals surface area contributed by atoms with Crippen LogP contribution in [0.1, 0.15) is 12.0 Å². The topological polar surface area (TPSA) is 174 Å². The lowest BCUT2D eigenvalue weighted by molar-refractivity contribution is -0.385. The number of amides is 1. The highest BCUT2D eigenvalue weighted by Gasteiger charge is 2.16. The lowest BCUT2D eigenvalue weighted by atomic mass is 10.2. The van der Waals surface area contributed by atoms with Crippen LogP contribution in [-0.4, -0.2) is 36.9 Å². The highest BCUT2D eigenvalue weighted by atomic mass is 32.2. The molecule has 0 saturated carbocycles. The number of hydrazone groups is 1. The molecule has 0 bridgehead atoms. The second kappa shape index (κ2) is 9.48. The zero-order chi connectivity index (χ0) is 21.4. The number of carbonyl (C=O) groups excluding carboxylic acids is 1. The lowest BCUT2D eigenvalue weighted by Crippen LogP contribution is -2.29. The normalized spacial score (nSPS) is 11.3. The van der Waals surface area contributed by atoms with E-state index in [9.17, 15) is 33.4 Å². The first kappa shape index (κ1) is 21.6. The van der Waals surface area contributed by atoms with Gasteiger partial charge in [-0.15, -0.1) is 0 Å². The van der Waals surface area contributed by atoms with Gasteiger partial charge in [0.05, 0.1) is 26.5 Å². The molecule has 2 rings (SSSR count). The molecule has 0 fully saturated rings. The summed E-state index contributed by atoms with van der Waals surface area (Å²) in [6, 6.07) is 10.1. The average molecular weight is 421 g/mol. The van der Waals surface area contributed by atoms with Crippen LogP contribution >= 0.6 is 0 Å². The zero-order valence-electron chi connectivity index (χ0n) is 14.7. The maximum absolute atomic E-state index is 12.1. The molecule has 12 nitrogen and oxygen atoms in total. The number of hydrogen-bond donors (Lipinski definition) is 2. The van der Waals surface area contributed by atoms with Gasteiger partial charge in [-0.1, -0.05) is 12.1 Å². The highest BCUT2D eigenvalue weighted by Crippen LogP contribution is 2.16. The van der Waals surface area contributed by atoms with E-state index in [1.54, 1.807) is 6.07 Å². The van der Waals surface area contributed by atoms with E-state index < -0.39 is 25.8 Å². The minimum absolute atomic E-state index is 0.179. The number of sulfonamides is 1. The Kier molecular flexibility index (Phi) is 7.05. The number of carbonyl (C=O) groups is 1. The van der Waals surface area contributed by atoms with Gasteiger partial charge in [-0.2, -0.15) is 5.10 Å². The van der Waals surface area contributed by atoms with Crippen LogP contribution in [0.15, 0.2) is 58.5 Å². The van der Waals surface area contributed by atoms with Gasteiger partial charge in [-0.3, -0.25) is 25.0 Å². The Morgan fingerprint density at radius 3 is 2.31 bits per heavy atom. The molecule has 29 heavy (non-hydrogen) atoms. The Balaban J connectivity index is 1.86. The summed E-state index contributed by atoms with van der Waals surface area (Å²) in [4.78, 5) is 31.8. The summed E-state index contributed by atoms with van der Waals surface area (Å²) in [6.45, 7) is -0.244. The summed E-state index contributed by atoms with van der Waals surface area (Å²) in [5.74, 6) is -0.619. The molecule has 152 valence electrons. The van der Waals surface area contributed by atoms with Gasteiger partial charge >= 0.3 is 0 Å². The Hall–Kier alpha value is -3.71. The van der Waals surface area contributed by atoms with Crippen molar-refractivity contribution in [1.29, 1.82) is 0 Å². The molecule has 0 spiro atoms. The summed E-state index contributed by atoms with van der Waals surface area (Å²) in [5.41, 5.74) is 1.90. The average Bonchev–Trinajstić information content (AvgIpc) is 2.68. The van der Waals surface area contributed by atoms with Gasteiger partial charge in [-0.25, -0.2) is 18.6 Å². The molecule has 2 aromatic carbocycles.